The van der Waals surface area contributed by atoms with Crippen LogP contribution in [0, 0.1) is 0 Å². The number of carboxylic acid groups (broad SMARTS) is 1. The average molecular weight is 351 g/mol. The number of ether oxygens (including phenoxy) is 2. The topological polar surface area (TPSA) is 84.4 Å². The third-order valence-corrected chi connectivity index (χ3v) is 4.64. The third kappa shape index (κ3) is 1.77. The maximum absolute atomic E-state index is 11.0. The van der Waals surface area contributed by atoms with Crippen molar-refractivity contribution in [3.05, 3.63) is 27.4 Å². The Morgan fingerprint density at radius 3 is 2.67 bits per heavy atom. The van der Waals surface area contributed by atoms with Crippen LogP contribution >= 0.6 is 15.9 Å². The van der Waals surface area contributed by atoms with Crippen LogP contribution in [0.4, 0.5) is 0 Å². The van der Waals surface area contributed by atoms with Crippen molar-refractivity contribution in [2.24, 2.45) is 0 Å². The molecule has 0 unspecified atom stereocenters. The van der Waals surface area contributed by atoms with Crippen molar-refractivity contribution in [2.75, 3.05) is 13.2 Å². The van der Waals surface area contributed by atoms with Gasteiger partial charge in [0.25, 0.3) is 0 Å². The molecule has 3 heterocycles. The highest BCUT2D eigenvalue weighted by atomic mass is 79.9. The van der Waals surface area contributed by atoms with E-state index in [1.54, 1.807) is 0 Å². The van der Waals surface area contributed by atoms with Crippen LogP contribution < -0.4 is 9.47 Å². The molecule has 6 nitrogen and oxygen atoms in total. The summed E-state index contributed by atoms with van der Waals surface area (Å²) < 4.78 is 12.4. The third-order valence-electron chi connectivity index (χ3n) is 3.80. The molecule has 1 aromatic heterocycles. The van der Waals surface area contributed by atoms with Gasteiger partial charge in [0.15, 0.2) is 0 Å². The fraction of sp³-hybridized carbons (Fsp3) is 0.286. The van der Waals surface area contributed by atoms with Crippen LogP contribution in [0.5, 0.6) is 11.5 Å². The Morgan fingerprint density at radius 1 is 1.24 bits per heavy atom. The van der Waals surface area contributed by atoms with Gasteiger partial charge in [-0.05, 0) is 22.0 Å². The summed E-state index contributed by atoms with van der Waals surface area (Å²) in [6.45, 7) is 1.22. The first kappa shape index (κ1) is 12.7. The largest absolute Gasteiger partial charge is 0.492 e. The quantitative estimate of drug-likeness (QED) is 0.868. The van der Waals surface area contributed by atoms with E-state index in [1.807, 2.05) is 0 Å². The monoisotopic (exact) mass is 350 g/mol. The minimum absolute atomic E-state index is 0.0623. The number of fused-ring (bicyclic) bond motifs is 2. The summed E-state index contributed by atoms with van der Waals surface area (Å²) in [7, 11) is 0. The molecular formula is C14H11BrN2O4. The van der Waals surface area contributed by atoms with Gasteiger partial charge in [-0.1, -0.05) is 0 Å². The van der Waals surface area contributed by atoms with Crippen LogP contribution in [0.15, 0.2) is 10.5 Å². The highest BCUT2D eigenvalue weighted by Crippen LogP contribution is 2.50. The van der Waals surface area contributed by atoms with Crippen molar-refractivity contribution < 1.29 is 19.4 Å². The zero-order valence-electron chi connectivity index (χ0n) is 10.9. The Morgan fingerprint density at radius 2 is 1.95 bits per heavy atom. The van der Waals surface area contributed by atoms with Gasteiger partial charge in [-0.15, -0.1) is 0 Å². The minimum atomic E-state index is -1.03. The molecule has 7 heteroatoms. The minimum Gasteiger partial charge on any atom is -0.492 e. The Balaban J connectivity index is 1.98. The number of aromatic nitrogens is 2. The molecule has 1 aromatic carbocycles. The lowest BCUT2D eigenvalue weighted by Gasteiger charge is -2.13. The second-order valence-corrected chi connectivity index (χ2v) is 5.77. The Hall–Kier alpha value is -2.02. The number of nitrogens with zero attached hydrogens (tertiary/aromatic N) is 1. The lowest BCUT2D eigenvalue weighted by Crippen LogP contribution is -1.95. The van der Waals surface area contributed by atoms with Crippen molar-refractivity contribution in [2.45, 2.75) is 12.8 Å². The van der Waals surface area contributed by atoms with E-state index in [0.29, 0.717) is 18.9 Å². The maximum atomic E-state index is 11.0. The molecule has 0 radical (unpaired) electrons. The van der Waals surface area contributed by atoms with E-state index in [2.05, 4.69) is 26.1 Å². The van der Waals surface area contributed by atoms with Crippen LogP contribution in [0.2, 0.25) is 0 Å². The van der Waals surface area contributed by atoms with Crippen molar-refractivity contribution in [3.63, 3.8) is 0 Å². The van der Waals surface area contributed by atoms with Gasteiger partial charge in [0, 0.05) is 24.0 Å². The number of nitrogens with one attached hydrogen (secondary N) is 1. The molecule has 0 saturated heterocycles. The van der Waals surface area contributed by atoms with Gasteiger partial charge in [0.1, 0.15) is 17.2 Å². The number of carbonyl (C=O) groups is 1. The first-order valence-corrected chi connectivity index (χ1v) is 7.38. The van der Waals surface area contributed by atoms with Crippen molar-refractivity contribution >= 4 is 21.9 Å². The highest BCUT2D eigenvalue weighted by Gasteiger charge is 2.32. The molecule has 2 aliphatic rings. The van der Waals surface area contributed by atoms with Gasteiger partial charge in [-0.3, -0.25) is 5.10 Å². The van der Waals surface area contributed by atoms with Crippen LogP contribution in [0.25, 0.3) is 11.3 Å². The van der Waals surface area contributed by atoms with E-state index < -0.39 is 5.97 Å². The van der Waals surface area contributed by atoms with Crippen LogP contribution in [-0.4, -0.2) is 34.5 Å². The number of aromatic amines is 1. The fourth-order valence-corrected chi connectivity index (χ4v) is 3.61. The first-order valence-electron chi connectivity index (χ1n) is 6.58. The fourth-order valence-electron chi connectivity index (χ4n) is 2.88. The van der Waals surface area contributed by atoms with Gasteiger partial charge in [0.2, 0.25) is 0 Å². The van der Waals surface area contributed by atoms with E-state index in [0.717, 1.165) is 45.5 Å². The molecule has 4 rings (SSSR count). The van der Waals surface area contributed by atoms with Crippen molar-refractivity contribution in [1.82, 2.24) is 10.2 Å². The molecule has 108 valence electrons. The average Bonchev–Trinajstić information content (AvgIpc) is 3.19. The van der Waals surface area contributed by atoms with E-state index in [1.165, 1.54) is 6.07 Å². The summed E-state index contributed by atoms with van der Waals surface area (Å²) in [5.41, 5.74) is 3.57. The van der Waals surface area contributed by atoms with Gasteiger partial charge >= 0.3 is 5.97 Å². The molecule has 0 atom stereocenters. The Kier molecular flexibility index (Phi) is 2.72. The number of aromatic carboxylic acids is 1. The summed E-state index contributed by atoms with van der Waals surface area (Å²) in [6, 6.07) is 1.53. The number of H-pyrrole nitrogens is 1. The summed E-state index contributed by atoms with van der Waals surface area (Å²) in [5, 5.41) is 15.7. The number of rotatable bonds is 2. The maximum Gasteiger partial charge on any atom is 0.353 e. The zero-order valence-corrected chi connectivity index (χ0v) is 12.5. The summed E-state index contributed by atoms with van der Waals surface area (Å²) in [5.74, 6) is 0.583. The second-order valence-electron chi connectivity index (χ2n) is 4.97. The molecule has 21 heavy (non-hydrogen) atoms. The molecule has 2 aromatic rings. The van der Waals surface area contributed by atoms with Crippen LogP contribution in [0.1, 0.15) is 21.6 Å². The van der Waals surface area contributed by atoms with E-state index in [4.69, 9.17) is 14.6 Å². The first-order chi connectivity index (χ1) is 10.2. The predicted octanol–water partition coefficient (Wildman–Crippen LogP) is 2.41. The molecule has 0 bridgehead atoms. The summed E-state index contributed by atoms with van der Waals surface area (Å²) >= 11 is 3.59. The lowest BCUT2D eigenvalue weighted by atomic mass is 9.97. The highest BCUT2D eigenvalue weighted by molar-refractivity contribution is 9.10. The molecule has 2 aliphatic heterocycles. The standard InChI is InChI=1S/C14H11BrN2O4/c15-11-7-2-4-20-12(7)10(6-1-3-21-13(6)11)8-5-9(14(18)19)17-16-8/h5H,1-4H2,(H,16,17)(H,18,19). The van der Waals surface area contributed by atoms with E-state index in [-0.39, 0.29) is 5.69 Å². The molecule has 0 spiro atoms. The van der Waals surface area contributed by atoms with Crippen molar-refractivity contribution in [3.8, 4) is 22.8 Å². The van der Waals surface area contributed by atoms with Crippen molar-refractivity contribution in [1.29, 1.82) is 0 Å². The number of halogens is 1. The number of carboxylic acids is 1. The molecular weight excluding hydrogens is 340 g/mol. The summed E-state index contributed by atoms with van der Waals surface area (Å²) in [4.78, 5) is 11.0. The van der Waals surface area contributed by atoms with E-state index >= 15 is 0 Å². The molecule has 0 saturated carbocycles. The van der Waals surface area contributed by atoms with E-state index in [9.17, 15) is 4.79 Å². The SMILES string of the molecule is O=C(O)c1cc(-c2c3c(c(Br)c4c2OCC4)OCC3)n[nH]1. The Labute approximate surface area is 128 Å². The smallest absolute Gasteiger partial charge is 0.353 e. The second kappa shape index (κ2) is 4.49. The lowest BCUT2D eigenvalue weighted by molar-refractivity contribution is 0.0690. The molecule has 0 fully saturated rings. The van der Waals surface area contributed by atoms with Crippen LogP contribution in [0.3, 0.4) is 0 Å². The molecule has 0 amide bonds. The van der Waals surface area contributed by atoms with Gasteiger partial charge in [-0.25, -0.2) is 4.79 Å². The number of benzene rings is 1. The predicted molar refractivity (Wildman–Crippen MR) is 77.1 cm³/mol. The van der Waals surface area contributed by atoms with Gasteiger partial charge < -0.3 is 14.6 Å². The normalized spacial score (nSPS) is 15.3. The molecule has 0 aliphatic carbocycles. The zero-order chi connectivity index (χ0) is 14.6. The summed E-state index contributed by atoms with van der Waals surface area (Å²) in [6.07, 6.45) is 1.56. The Bertz CT molecular complexity index is 734. The number of hydrogen-bond acceptors (Lipinski definition) is 4. The van der Waals surface area contributed by atoms with Gasteiger partial charge in [0.05, 0.1) is 28.9 Å². The van der Waals surface area contributed by atoms with Gasteiger partial charge in [-0.2, -0.15) is 5.10 Å². The van der Waals surface area contributed by atoms with Crippen LogP contribution in [-0.2, 0) is 12.8 Å². The molecule has 2 N–H and O–H groups in total. The number of hydrogen-bond donors (Lipinski definition) is 2.